The quantitative estimate of drug-likeness (QED) is 0.813. The fourth-order valence-electron chi connectivity index (χ4n) is 2.94. The molecule has 1 saturated heterocycles. The molecule has 1 N–H and O–H groups in total. The molecule has 1 fully saturated rings. The van der Waals surface area contributed by atoms with E-state index in [1.54, 1.807) is 17.8 Å². The SMILES string of the molecule is OC(CSc1ccccc1)CN1CCN(c2ccccc2F)CC1. The molecule has 1 aliphatic rings. The van der Waals surface area contributed by atoms with Crippen LogP contribution in [0.2, 0.25) is 0 Å². The molecule has 128 valence electrons. The van der Waals surface area contributed by atoms with E-state index in [-0.39, 0.29) is 11.9 Å². The van der Waals surface area contributed by atoms with Crippen molar-refractivity contribution < 1.29 is 9.50 Å². The average Bonchev–Trinajstić information content (AvgIpc) is 2.62. The summed E-state index contributed by atoms with van der Waals surface area (Å²) in [6.45, 7) is 3.95. The molecular weight excluding hydrogens is 323 g/mol. The first-order chi connectivity index (χ1) is 11.7. The van der Waals surface area contributed by atoms with Crippen LogP contribution in [0.5, 0.6) is 0 Å². The number of hydrogen-bond acceptors (Lipinski definition) is 4. The van der Waals surface area contributed by atoms with Gasteiger partial charge in [-0.05, 0) is 24.3 Å². The summed E-state index contributed by atoms with van der Waals surface area (Å²) in [6, 6.07) is 17.1. The van der Waals surface area contributed by atoms with Gasteiger partial charge in [0.1, 0.15) is 5.82 Å². The van der Waals surface area contributed by atoms with Gasteiger partial charge in [-0.3, -0.25) is 4.90 Å². The van der Waals surface area contributed by atoms with Crippen LogP contribution in [0.25, 0.3) is 0 Å². The number of β-amino-alcohol motifs (C(OH)–C–C–N with tert-alkyl or cyclic N) is 1. The Morgan fingerprint density at radius 3 is 2.33 bits per heavy atom. The molecule has 0 saturated carbocycles. The molecule has 3 rings (SSSR count). The van der Waals surface area contributed by atoms with E-state index in [0.717, 1.165) is 26.2 Å². The highest BCUT2D eigenvalue weighted by Gasteiger charge is 2.21. The minimum atomic E-state index is -0.352. The Morgan fingerprint density at radius 2 is 1.62 bits per heavy atom. The number of thioether (sulfide) groups is 1. The lowest BCUT2D eigenvalue weighted by molar-refractivity contribution is 0.126. The monoisotopic (exact) mass is 346 g/mol. The van der Waals surface area contributed by atoms with Gasteiger partial charge >= 0.3 is 0 Å². The molecule has 3 nitrogen and oxygen atoms in total. The summed E-state index contributed by atoms with van der Waals surface area (Å²) >= 11 is 1.68. The number of rotatable bonds is 6. The van der Waals surface area contributed by atoms with Crippen molar-refractivity contribution in [1.82, 2.24) is 4.90 Å². The number of hydrogen-bond donors (Lipinski definition) is 1. The lowest BCUT2D eigenvalue weighted by atomic mass is 10.2. The summed E-state index contributed by atoms with van der Waals surface area (Å²) in [6.07, 6.45) is -0.352. The van der Waals surface area contributed by atoms with Crippen LogP contribution < -0.4 is 4.90 Å². The van der Waals surface area contributed by atoms with Gasteiger partial charge in [-0.2, -0.15) is 0 Å². The fraction of sp³-hybridized carbons (Fsp3) is 0.368. The molecule has 1 heterocycles. The number of aliphatic hydroxyl groups excluding tert-OH is 1. The summed E-state index contributed by atoms with van der Waals surface area (Å²) in [4.78, 5) is 5.52. The van der Waals surface area contributed by atoms with Crippen LogP contribution in [0, 0.1) is 5.82 Å². The highest BCUT2D eigenvalue weighted by Crippen LogP contribution is 2.21. The van der Waals surface area contributed by atoms with Crippen LogP contribution in [0.15, 0.2) is 59.5 Å². The maximum absolute atomic E-state index is 13.8. The first-order valence-corrected chi connectivity index (χ1v) is 9.28. The molecule has 1 aliphatic heterocycles. The van der Waals surface area contributed by atoms with Gasteiger partial charge < -0.3 is 10.0 Å². The van der Waals surface area contributed by atoms with Crippen LogP contribution in [-0.2, 0) is 0 Å². The zero-order chi connectivity index (χ0) is 16.8. The predicted molar refractivity (Wildman–Crippen MR) is 98.2 cm³/mol. The Balaban J connectivity index is 1.43. The number of nitrogens with zero attached hydrogens (tertiary/aromatic N) is 2. The largest absolute Gasteiger partial charge is 0.391 e. The minimum absolute atomic E-state index is 0.162. The predicted octanol–water partition coefficient (Wildman–Crippen LogP) is 3.10. The lowest BCUT2D eigenvalue weighted by Gasteiger charge is -2.37. The summed E-state index contributed by atoms with van der Waals surface area (Å²) < 4.78 is 13.8. The number of aliphatic hydroxyl groups is 1. The third-order valence-electron chi connectivity index (χ3n) is 4.22. The third kappa shape index (κ3) is 4.72. The van der Waals surface area contributed by atoms with E-state index in [1.165, 1.54) is 11.0 Å². The summed E-state index contributed by atoms with van der Waals surface area (Å²) in [7, 11) is 0. The molecule has 1 unspecified atom stereocenters. The zero-order valence-corrected chi connectivity index (χ0v) is 14.5. The van der Waals surface area contributed by atoms with E-state index in [1.807, 2.05) is 30.3 Å². The smallest absolute Gasteiger partial charge is 0.146 e. The number of benzene rings is 2. The van der Waals surface area contributed by atoms with Crippen molar-refractivity contribution in [3.63, 3.8) is 0 Å². The maximum atomic E-state index is 13.8. The normalized spacial score (nSPS) is 17.0. The maximum Gasteiger partial charge on any atom is 0.146 e. The minimum Gasteiger partial charge on any atom is -0.391 e. The van der Waals surface area contributed by atoms with Crippen molar-refractivity contribution in [2.24, 2.45) is 0 Å². The van der Waals surface area contributed by atoms with Crippen LogP contribution >= 0.6 is 11.8 Å². The molecular formula is C19H23FN2OS. The Bertz CT molecular complexity index is 632. The second-order valence-electron chi connectivity index (χ2n) is 6.02. The highest BCUT2D eigenvalue weighted by atomic mass is 32.2. The molecule has 0 spiro atoms. The van der Waals surface area contributed by atoms with Gasteiger partial charge in [-0.1, -0.05) is 30.3 Å². The van der Waals surface area contributed by atoms with E-state index >= 15 is 0 Å². The van der Waals surface area contributed by atoms with Crippen molar-refractivity contribution in [2.75, 3.05) is 43.4 Å². The molecule has 24 heavy (non-hydrogen) atoms. The Kier molecular flexibility index (Phi) is 6.12. The number of para-hydroxylation sites is 1. The molecule has 0 bridgehead atoms. The van der Waals surface area contributed by atoms with Gasteiger partial charge in [-0.25, -0.2) is 4.39 Å². The molecule has 0 amide bonds. The number of piperazine rings is 1. The van der Waals surface area contributed by atoms with Crippen LogP contribution in [-0.4, -0.2) is 54.6 Å². The van der Waals surface area contributed by atoms with Crippen molar-refractivity contribution in [3.05, 3.63) is 60.4 Å². The number of halogens is 1. The number of anilines is 1. The second-order valence-corrected chi connectivity index (χ2v) is 7.11. The van der Waals surface area contributed by atoms with Crippen LogP contribution in [0.3, 0.4) is 0 Å². The van der Waals surface area contributed by atoms with Crippen molar-refractivity contribution in [3.8, 4) is 0 Å². The van der Waals surface area contributed by atoms with E-state index in [4.69, 9.17) is 0 Å². The Morgan fingerprint density at radius 1 is 0.958 bits per heavy atom. The molecule has 0 aliphatic carbocycles. The fourth-order valence-corrected chi connectivity index (χ4v) is 3.78. The van der Waals surface area contributed by atoms with Gasteiger partial charge in [0.25, 0.3) is 0 Å². The zero-order valence-electron chi connectivity index (χ0n) is 13.6. The third-order valence-corrected chi connectivity index (χ3v) is 5.38. The topological polar surface area (TPSA) is 26.7 Å². The molecule has 0 radical (unpaired) electrons. The summed E-state index contributed by atoms with van der Waals surface area (Å²) in [5.41, 5.74) is 0.678. The molecule has 0 aromatic heterocycles. The molecule has 5 heteroatoms. The Hall–Kier alpha value is -1.56. The first kappa shape index (κ1) is 17.3. The first-order valence-electron chi connectivity index (χ1n) is 8.30. The van der Waals surface area contributed by atoms with Crippen molar-refractivity contribution >= 4 is 17.4 Å². The van der Waals surface area contributed by atoms with E-state index < -0.39 is 0 Å². The van der Waals surface area contributed by atoms with E-state index in [0.29, 0.717) is 18.0 Å². The molecule has 2 aromatic carbocycles. The van der Waals surface area contributed by atoms with Crippen LogP contribution in [0.1, 0.15) is 0 Å². The van der Waals surface area contributed by atoms with Gasteiger partial charge in [0, 0.05) is 43.4 Å². The van der Waals surface area contributed by atoms with Gasteiger partial charge in [0.15, 0.2) is 0 Å². The van der Waals surface area contributed by atoms with E-state index in [2.05, 4.69) is 21.9 Å². The van der Waals surface area contributed by atoms with Crippen LogP contribution in [0.4, 0.5) is 10.1 Å². The summed E-state index contributed by atoms with van der Waals surface area (Å²) in [5, 5.41) is 10.3. The van der Waals surface area contributed by atoms with Crippen molar-refractivity contribution in [2.45, 2.75) is 11.0 Å². The average molecular weight is 346 g/mol. The molecule has 2 aromatic rings. The lowest BCUT2D eigenvalue weighted by Crippen LogP contribution is -2.49. The Labute approximate surface area is 147 Å². The second kappa shape index (κ2) is 8.51. The molecule has 1 atom stereocenters. The van der Waals surface area contributed by atoms with Crippen molar-refractivity contribution in [1.29, 1.82) is 0 Å². The van der Waals surface area contributed by atoms with Gasteiger partial charge in [0.2, 0.25) is 0 Å². The standard InChI is InChI=1S/C19H23FN2OS/c20-18-8-4-5-9-19(18)22-12-10-21(11-13-22)14-16(23)15-24-17-6-2-1-3-7-17/h1-9,16,23H,10-15H2. The van der Waals surface area contributed by atoms with E-state index in [9.17, 15) is 9.50 Å². The van der Waals surface area contributed by atoms with Gasteiger partial charge in [0.05, 0.1) is 11.8 Å². The van der Waals surface area contributed by atoms with Gasteiger partial charge in [-0.15, -0.1) is 11.8 Å². The summed E-state index contributed by atoms with van der Waals surface area (Å²) in [5.74, 6) is 0.530. The highest BCUT2D eigenvalue weighted by molar-refractivity contribution is 7.99.